The first-order valence-electron chi connectivity index (χ1n) is 10.6. The number of amides is 1. The topological polar surface area (TPSA) is 87.1 Å². The van der Waals surface area contributed by atoms with Gasteiger partial charge in [0.15, 0.2) is 11.5 Å². The number of rotatable bonds is 3. The van der Waals surface area contributed by atoms with Gasteiger partial charge in [-0.1, -0.05) is 6.07 Å². The van der Waals surface area contributed by atoms with E-state index in [2.05, 4.69) is 14.9 Å². The maximum absolute atomic E-state index is 13.1. The van der Waals surface area contributed by atoms with E-state index in [4.69, 9.17) is 4.42 Å². The van der Waals surface area contributed by atoms with Gasteiger partial charge in [0.05, 0.1) is 12.3 Å². The van der Waals surface area contributed by atoms with E-state index in [0.717, 1.165) is 40.8 Å². The summed E-state index contributed by atoms with van der Waals surface area (Å²) in [5, 5.41) is 9.75. The molecule has 1 N–H and O–H groups in total. The number of likely N-dealkylation sites (tertiary alicyclic amines) is 2. The van der Waals surface area contributed by atoms with Gasteiger partial charge in [-0.25, -0.2) is 9.97 Å². The van der Waals surface area contributed by atoms with Crippen molar-refractivity contribution in [3.05, 3.63) is 54.3 Å². The van der Waals surface area contributed by atoms with Gasteiger partial charge < -0.3 is 14.4 Å². The Kier molecular flexibility index (Phi) is 4.12. The Hall–Kier alpha value is -3.23. The lowest BCUT2D eigenvalue weighted by Gasteiger charge is -2.43. The number of imidazole rings is 1. The Morgan fingerprint density at radius 3 is 2.81 bits per heavy atom. The Balaban J connectivity index is 1.26. The summed E-state index contributed by atoms with van der Waals surface area (Å²) in [5.41, 5.74) is 4.87. The second kappa shape index (κ2) is 6.90. The molecule has 31 heavy (non-hydrogen) atoms. The highest BCUT2D eigenvalue weighted by molar-refractivity contribution is 5.94. The summed E-state index contributed by atoms with van der Waals surface area (Å²) in [5.74, 6) is 0.629. The van der Waals surface area contributed by atoms with Crippen molar-refractivity contribution in [1.29, 1.82) is 0 Å². The van der Waals surface area contributed by atoms with Gasteiger partial charge in [-0.05, 0) is 41.8 Å². The average Bonchev–Trinajstić information content (AvgIpc) is 3.42. The number of carbonyl (C=O) groups is 1. The van der Waals surface area contributed by atoms with E-state index in [0.29, 0.717) is 37.3 Å². The molecule has 0 spiro atoms. The normalized spacial score (nSPS) is 20.1. The van der Waals surface area contributed by atoms with E-state index >= 15 is 0 Å². The van der Waals surface area contributed by atoms with Crippen molar-refractivity contribution < 1.29 is 14.3 Å². The van der Waals surface area contributed by atoms with Crippen LogP contribution in [0, 0.1) is 6.92 Å². The van der Waals surface area contributed by atoms with Gasteiger partial charge in [0.2, 0.25) is 0 Å². The molecule has 2 fully saturated rings. The third-order valence-corrected chi connectivity index (χ3v) is 6.41. The van der Waals surface area contributed by atoms with Crippen LogP contribution in [0.1, 0.15) is 22.8 Å². The summed E-state index contributed by atoms with van der Waals surface area (Å²) < 4.78 is 7.43. The summed E-state index contributed by atoms with van der Waals surface area (Å²) in [4.78, 5) is 26.1. The van der Waals surface area contributed by atoms with Gasteiger partial charge in [0.1, 0.15) is 16.9 Å². The molecule has 4 aromatic rings. The average molecular weight is 417 g/mol. The third-order valence-electron chi connectivity index (χ3n) is 6.41. The molecule has 1 atom stereocenters. The number of carbonyl (C=O) groups excluding carboxylic acids is 1. The monoisotopic (exact) mass is 417 g/mol. The number of aromatic nitrogens is 3. The zero-order valence-corrected chi connectivity index (χ0v) is 17.2. The van der Waals surface area contributed by atoms with Crippen molar-refractivity contribution >= 4 is 22.7 Å². The minimum atomic E-state index is -0.234. The van der Waals surface area contributed by atoms with Crippen LogP contribution < -0.4 is 0 Å². The van der Waals surface area contributed by atoms with Gasteiger partial charge in [-0.3, -0.25) is 14.1 Å². The summed E-state index contributed by atoms with van der Waals surface area (Å²) in [6.07, 6.45) is 4.19. The largest absolute Gasteiger partial charge is 0.441 e. The van der Waals surface area contributed by atoms with Crippen LogP contribution in [0.15, 0.2) is 47.1 Å². The maximum Gasteiger partial charge on any atom is 0.272 e. The second-order valence-corrected chi connectivity index (χ2v) is 8.51. The fraction of sp³-hybridized carbons (Fsp3) is 0.348. The highest BCUT2D eigenvalue weighted by Crippen LogP contribution is 2.27. The Morgan fingerprint density at radius 2 is 2.00 bits per heavy atom. The van der Waals surface area contributed by atoms with Gasteiger partial charge >= 0.3 is 0 Å². The van der Waals surface area contributed by atoms with Crippen LogP contribution in [-0.2, 0) is 0 Å². The van der Waals surface area contributed by atoms with Gasteiger partial charge in [-0.2, -0.15) is 0 Å². The molecule has 0 saturated carbocycles. The van der Waals surface area contributed by atoms with Crippen LogP contribution in [0.5, 0.6) is 0 Å². The molecule has 1 amide bonds. The minimum absolute atomic E-state index is 0.0109. The molecule has 1 aromatic carbocycles. The molecule has 6 rings (SSSR count). The SMILES string of the molecule is Cc1nc2cc(-c3ccc4ncc(C(=O)N5CC(N6CC[C@H](O)C6)C5)n4c3)ccc2o1. The molecule has 8 heteroatoms. The molecule has 5 heterocycles. The summed E-state index contributed by atoms with van der Waals surface area (Å²) in [7, 11) is 0. The molecular weight excluding hydrogens is 394 g/mol. The molecule has 0 unspecified atom stereocenters. The van der Waals surface area contributed by atoms with E-state index in [1.54, 1.807) is 6.20 Å². The third kappa shape index (κ3) is 3.10. The molecule has 8 nitrogen and oxygen atoms in total. The first-order valence-corrected chi connectivity index (χ1v) is 10.6. The number of aryl methyl sites for hydroxylation is 1. The maximum atomic E-state index is 13.1. The molecule has 3 aromatic heterocycles. The highest BCUT2D eigenvalue weighted by Gasteiger charge is 2.38. The van der Waals surface area contributed by atoms with Gasteiger partial charge in [0.25, 0.3) is 5.91 Å². The van der Waals surface area contributed by atoms with E-state index in [1.165, 1.54) is 0 Å². The van der Waals surface area contributed by atoms with Gasteiger partial charge in [0, 0.05) is 45.3 Å². The molecule has 2 aliphatic rings. The molecule has 2 saturated heterocycles. The minimum Gasteiger partial charge on any atom is -0.441 e. The van der Waals surface area contributed by atoms with Crippen LogP contribution in [0.3, 0.4) is 0 Å². The Labute approximate surface area is 178 Å². The molecule has 2 aliphatic heterocycles. The van der Waals surface area contributed by atoms with Gasteiger partial charge in [-0.15, -0.1) is 0 Å². The number of pyridine rings is 1. The number of hydrogen-bond donors (Lipinski definition) is 1. The number of β-amino-alcohol motifs (C(OH)–C–C–N with tert-alkyl or cyclic N) is 1. The first kappa shape index (κ1) is 18.5. The van der Waals surface area contributed by atoms with E-state index in [1.807, 2.05) is 52.8 Å². The molecule has 0 aliphatic carbocycles. The van der Waals surface area contributed by atoms with Crippen molar-refractivity contribution in [2.24, 2.45) is 0 Å². The van der Waals surface area contributed by atoms with Crippen LogP contribution in [-0.4, -0.2) is 73.5 Å². The molecule has 0 bridgehead atoms. The van der Waals surface area contributed by atoms with E-state index < -0.39 is 0 Å². The zero-order valence-electron chi connectivity index (χ0n) is 17.2. The van der Waals surface area contributed by atoms with Crippen molar-refractivity contribution in [3.63, 3.8) is 0 Å². The molecule has 158 valence electrons. The fourth-order valence-corrected chi connectivity index (χ4v) is 4.65. The quantitative estimate of drug-likeness (QED) is 0.551. The second-order valence-electron chi connectivity index (χ2n) is 8.51. The predicted octanol–water partition coefficient (Wildman–Crippen LogP) is 2.34. The number of hydrogen-bond acceptors (Lipinski definition) is 6. The summed E-state index contributed by atoms with van der Waals surface area (Å²) in [6, 6.07) is 10.2. The Bertz CT molecular complexity index is 1300. The Morgan fingerprint density at radius 1 is 1.16 bits per heavy atom. The van der Waals surface area contributed by atoms with Crippen molar-refractivity contribution in [2.75, 3.05) is 26.2 Å². The highest BCUT2D eigenvalue weighted by atomic mass is 16.3. The summed E-state index contributed by atoms with van der Waals surface area (Å²) >= 11 is 0. The lowest BCUT2D eigenvalue weighted by Crippen LogP contribution is -2.60. The number of nitrogens with zero attached hydrogens (tertiary/aromatic N) is 5. The van der Waals surface area contributed by atoms with Crippen molar-refractivity contribution in [1.82, 2.24) is 24.2 Å². The lowest BCUT2D eigenvalue weighted by molar-refractivity contribution is 0.0293. The number of aliphatic hydroxyl groups is 1. The van der Waals surface area contributed by atoms with Crippen LogP contribution >= 0.6 is 0 Å². The standard InChI is InChI=1S/C23H23N5O3/c1-14-25-19-8-15(2-4-21(19)31-14)16-3-5-22-24-9-20(28(22)10-16)23(30)27-11-17(12-27)26-7-6-18(29)13-26/h2-5,8-10,17-18,29H,6-7,11-13H2,1H3/t18-/m0/s1. The van der Waals surface area contributed by atoms with Crippen LogP contribution in [0.2, 0.25) is 0 Å². The van der Waals surface area contributed by atoms with Crippen molar-refractivity contribution in [3.8, 4) is 11.1 Å². The van der Waals surface area contributed by atoms with Crippen molar-refractivity contribution in [2.45, 2.75) is 25.5 Å². The smallest absolute Gasteiger partial charge is 0.272 e. The number of benzene rings is 1. The van der Waals surface area contributed by atoms with E-state index in [-0.39, 0.29) is 12.0 Å². The first-order chi connectivity index (χ1) is 15.0. The molecule has 0 radical (unpaired) electrons. The van der Waals surface area contributed by atoms with Crippen LogP contribution in [0.4, 0.5) is 0 Å². The van der Waals surface area contributed by atoms with E-state index in [9.17, 15) is 9.90 Å². The summed E-state index contributed by atoms with van der Waals surface area (Å²) in [6.45, 7) is 4.84. The number of oxazole rings is 1. The fourth-order valence-electron chi connectivity index (χ4n) is 4.65. The predicted molar refractivity (Wildman–Crippen MR) is 115 cm³/mol. The number of fused-ring (bicyclic) bond motifs is 2. The van der Waals surface area contributed by atoms with Crippen LogP contribution in [0.25, 0.3) is 27.9 Å². The lowest BCUT2D eigenvalue weighted by atomic mass is 10.1. The molecular formula is C23H23N5O3. The number of aliphatic hydroxyl groups excluding tert-OH is 1. The zero-order chi connectivity index (χ0) is 21.1.